The quantitative estimate of drug-likeness (QED) is 0.796. The van der Waals surface area contributed by atoms with Crippen LogP contribution in [0.1, 0.15) is 22.5 Å². The summed E-state index contributed by atoms with van der Waals surface area (Å²) in [6, 6.07) is 9.59. The van der Waals surface area contributed by atoms with E-state index in [9.17, 15) is 9.59 Å². The lowest BCUT2D eigenvalue weighted by Crippen LogP contribution is -2.37. The summed E-state index contributed by atoms with van der Waals surface area (Å²) in [5, 5.41) is 4.02. The lowest BCUT2D eigenvalue weighted by molar-refractivity contribution is -0.119. The molecule has 102 valence electrons. The van der Waals surface area contributed by atoms with Crippen LogP contribution in [0.4, 0.5) is 5.69 Å². The van der Waals surface area contributed by atoms with Gasteiger partial charge in [0.05, 0.1) is 0 Å². The molecule has 0 saturated carbocycles. The molecule has 0 aliphatic carbocycles. The summed E-state index contributed by atoms with van der Waals surface area (Å²) >= 11 is 0. The molecule has 2 aromatic rings. The SMILES string of the molecule is O=Cc1ccn(CC(=O)N2CCCc3ccccc32)n1. The molecule has 1 aliphatic rings. The molecule has 1 aromatic heterocycles. The number of rotatable bonds is 3. The van der Waals surface area contributed by atoms with E-state index in [0.717, 1.165) is 25.1 Å². The molecule has 20 heavy (non-hydrogen) atoms. The van der Waals surface area contributed by atoms with Crippen molar-refractivity contribution in [3.63, 3.8) is 0 Å². The number of aromatic nitrogens is 2. The van der Waals surface area contributed by atoms with Crippen LogP contribution in [0.2, 0.25) is 0 Å². The first kappa shape index (κ1) is 12.6. The highest BCUT2D eigenvalue weighted by atomic mass is 16.2. The molecule has 3 rings (SSSR count). The molecule has 0 radical (unpaired) electrons. The van der Waals surface area contributed by atoms with Crippen molar-refractivity contribution >= 4 is 17.9 Å². The van der Waals surface area contributed by atoms with Crippen molar-refractivity contribution in [2.45, 2.75) is 19.4 Å². The van der Waals surface area contributed by atoms with Gasteiger partial charge in [0.1, 0.15) is 12.2 Å². The van der Waals surface area contributed by atoms with E-state index < -0.39 is 0 Å². The zero-order valence-electron chi connectivity index (χ0n) is 11.0. The van der Waals surface area contributed by atoms with Gasteiger partial charge in [-0.1, -0.05) is 18.2 Å². The maximum absolute atomic E-state index is 12.4. The summed E-state index contributed by atoms with van der Waals surface area (Å²) in [6.45, 7) is 0.889. The van der Waals surface area contributed by atoms with Crippen LogP contribution in [0.3, 0.4) is 0 Å². The highest BCUT2D eigenvalue weighted by Gasteiger charge is 2.22. The third kappa shape index (κ3) is 2.34. The highest BCUT2D eigenvalue weighted by Crippen LogP contribution is 2.26. The number of hydrogen-bond acceptors (Lipinski definition) is 3. The minimum atomic E-state index is -0.00213. The van der Waals surface area contributed by atoms with Gasteiger partial charge >= 0.3 is 0 Å². The second kappa shape index (κ2) is 5.28. The Morgan fingerprint density at radius 3 is 2.95 bits per heavy atom. The van der Waals surface area contributed by atoms with Gasteiger partial charge in [0, 0.05) is 18.4 Å². The maximum Gasteiger partial charge on any atom is 0.248 e. The van der Waals surface area contributed by atoms with Crippen LogP contribution in [0.15, 0.2) is 36.5 Å². The van der Waals surface area contributed by atoms with E-state index in [-0.39, 0.29) is 12.5 Å². The molecule has 0 saturated heterocycles. The van der Waals surface area contributed by atoms with Crippen LogP contribution in [0.5, 0.6) is 0 Å². The van der Waals surface area contributed by atoms with Gasteiger partial charge in [0.2, 0.25) is 5.91 Å². The second-order valence-corrected chi connectivity index (χ2v) is 4.83. The largest absolute Gasteiger partial charge is 0.311 e. The maximum atomic E-state index is 12.4. The van der Waals surface area contributed by atoms with Crippen molar-refractivity contribution in [2.75, 3.05) is 11.4 Å². The summed E-state index contributed by atoms with van der Waals surface area (Å²) in [6.07, 6.45) is 4.31. The van der Waals surface area contributed by atoms with Crippen molar-refractivity contribution in [3.8, 4) is 0 Å². The number of carbonyl (C=O) groups excluding carboxylic acids is 2. The zero-order valence-corrected chi connectivity index (χ0v) is 11.0. The average Bonchev–Trinajstić information content (AvgIpc) is 2.94. The minimum Gasteiger partial charge on any atom is -0.311 e. The Hall–Kier alpha value is -2.43. The number of carbonyl (C=O) groups is 2. The number of anilines is 1. The Bertz CT molecular complexity index is 648. The van der Waals surface area contributed by atoms with Gasteiger partial charge < -0.3 is 4.90 Å². The Balaban J connectivity index is 1.79. The van der Waals surface area contributed by atoms with Gasteiger partial charge in [-0.2, -0.15) is 5.10 Å². The Morgan fingerprint density at radius 2 is 2.15 bits per heavy atom. The van der Waals surface area contributed by atoms with Gasteiger partial charge in [-0.25, -0.2) is 0 Å². The van der Waals surface area contributed by atoms with Crippen LogP contribution >= 0.6 is 0 Å². The van der Waals surface area contributed by atoms with E-state index in [1.807, 2.05) is 18.2 Å². The summed E-state index contributed by atoms with van der Waals surface area (Å²) in [5.74, 6) is -0.00213. The Morgan fingerprint density at radius 1 is 1.30 bits per heavy atom. The molecule has 0 atom stereocenters. The lowest BCUT2D eigenvalue weighted by atomic mass is 10.0. The smallest absolute Gasteiger partial charge is 0.248 e. The van der Waals surface area contributed by atoms with E-state index in [1.54, 1.807) is 17.2 Å². The first-order valence-electron chi connectivity index (χ1n) is 6.65. The van der Waals surface area contributed by atoms with Crippen LogP contribution in [-0.2, 0) is 17.8 Å². The standard InChI is InChI=1S/C15H15N3O2/c19-11-13-7-9-17(16-13)10-15(20)18-8-3-5-12-4-1-2-6-14(12)18/h1-2,4,6-7,9,11H,3,5,8,10H2. The molecule has 5 nitrogen and oxygen atoms in total. The van der Waals surface area contributed by atoms with Crippen molar-refractivity contribution in [1.29, 1.82) is 0 Å². The molecule has 0 N–H and O–H groups in total. The third-order valence-corrected chi connectivity index (χ3v) is 3.49. The molecule has 0 bridgehead atoms. The molecular weight excluding hydrogens is 254 g/mol. The normalized spacial score (nSPS) is 13.9. The van der Waals surface area contributed by atoms with Crippen molar-refractivity contribution < 1.29 is 9.59 Å². The minimum absolute atomic E-state index is 0.00213. The predicted octanol–water partition coefficient (Wildman–Crippen LogP) is 1.68. The van der Waals surface area contributed by atoms with E-state index in [0.29, 0.717) is 12.0 Å². The van der Waals surface area contributed by atoms with Gasteiger partial charge in [0.15, 0.2) is 6.29 Å². The van der Waals surface area contributed by atoms with E-state index in [1.165, 1.54) is 10.2 Å². The van der Waals surface area contributed by atoms with Gasteiger partial charge in [-0.3, -0.25) is 14.3 Å². The summed E-state index contributed by atoms with van der Waals surface area (Å²) < 4.78 is 1.50. The molecule has 2 heterocycles. The van der Waals surface area contributed by atoms with Gasteiger partial charge in [0.25, 0.3) is 0 Å². The molecule has 0 spiro atoms. The Labute approximate surface area is 116 Å². The Kier molecular flexibility index (Phi) is 3.33. The number of benzene rings is 1. The number of fused-ring (bicyclic) bond motifs is 1. The number of aldehydes is 1. The number of para-hydroxylation sites is 1. The second-order valence-electron chi connectivity index (χ2n) is 4.83. The average molecular weight is 269 g/mol. The number of aryl methyl sites for hydroxylation is 1. The van der Waals surface area contributed by atoms with E-state index in [2.05, 4.69) is 11.2 Å². The summed E-state index contributed by atoms with van der Waals surface area (Å²) in [4.78, 5) is 24.8. The highest BCUT2D eigenvalue weighted by molar-refractivity contribution is 5.94. The van der Waals surface area contributed by atoms with Crippen molar-refractivity contribution in [1.82, 2.24) is 9.78 Å². The molecular formula is C15H15N3O2. The molecule has 0 fully saturated rings. The lowest BCUT2D eigenvalue weighted by Gasteiger charge is -2.29. The fourth-order valence-electron chi connectivity index (χ4n) is 2.54. The summed E-state index contributed by atoms with van der Waals surface area (Å²) in [5.41, 5.74) is 2.55. The molecule has 1 amide bonds. The molecule has 1 aliphatic heterocycles. The topological polar surface area (TPSA) is 55.2 Å². The predicted molar refractivity (Wildman–Crippen MR) is 74.7 cm³/mol. The van der Waals surface area contributed by atoms with E-state index in [4.69, 9.17) is 0 Å². The number of amides is 1. The van der Waals surface area contributed by atoms with Crippen LogP contribution in [0, 0.1) is 0 Å². The van der Waals surface area contributed by atoms with Gasteiger partial charge in [-0.15, -0.1) is 0 Å². The van der Waals surface area contributed by atoms with Crippen LogP contribution in [0.25, 0.3) is 0 Å². The van der Waals surface area contributed by atoms with Crippen LogP contribution < -0.4 is 4.90 Å². The molecule has 5 heteroatoms. The molecule has 0 unspecified atom stereocenters. The molecule has 1 aromatic carbocycles. The fraction of sp³-hybridized carbons (Fsp3) is 0.267. The van der Waals surface area contributed by atoms with Crippen molar-refractivity contribution in [3.05, 3.63) is 47.8 Å². The van der Waals surface area contributed by atoms with E-state index >= 15 is 0 Å². The number of nitrogens with zero attached hydrogens (tertiary/aromatic N) is 3. The third-order valence-electron chi connectivity index (χ3n) is 3.49. The van der Waals surface area contributed by atoms with Gasteiger partial charge in [-0.05, 0) is 30.5 Å². The fourth-order valence-corrected chi connectivity index (χ4v) is 2.54. The van der Waals surface area contributed by atoms with Crippen LogP contribution in [-0.4, -0.2) is 28.5 Å². The number of hydrogen-bond donors (Lipinski definition) is 0. The zero-order chi connectivity index (χ0) is 13.9. The first-order valence-corrected chi connectivity index (χ1v) is 6.65. The first-order chi connectivity index (χ1) is 9.78. The monoisotopic (exact) mass is 269 g/mol. The van der Waals surface area contributed by atoms with Crippen molar-refractivity contribution in [2.24, 2.45) is 0 Å². The summed E-state index contributed by atoms with van der Waals surface area (Å²) in [7, 11) is 0.